The summed E-state index contributed by atoms with van der Waals surface area (Å²) in [5.41, 5.74) is 6.50. The molecule has 5 nitrogen and oxygen atoms in total. The van der Waals surface area contributed by atoms with E-state index in [1.165, 1.54) is 4.88 Å². The number of ether oxygens (including phenoxy) is 1. The second-order valence-corrected chi connectivity index (χ2v) is 5.99. The van der Waals surface area contributed by atoms with Crippen molar-refractivity contribution in [1.82, 2.24) is 10.1 Å². The molecule has 102 valence electrons. The van der Waals surface area contributed by atoms with Crippen LogP contribution in [0.3, 0.4) is 0 Å². The minimum absolute atomic E-state index is 0.347. The van der Waals surface area contributed by atoms with Gasteiger partial charge in [0.15, 0.2) is 0 Å². The Morgan fingerprint density at radius 2 is 2.32 bits per heavy atom. The molecule has 1 saturated carbocycles. The van der Waals surface area contributed by atoms with Crippen molar-refractivity contribution in [3.63, 3.8) is 0 Å². The lowest BCUT2D eigenvalue weighted by Gasteiger charge is -2.37. The third-order valence-electron chi connectivity index (χ3n) is 3.78. The molecular formula is C13H17N3O2S. The highest BCUT2D eigenvalue weighted by molar-refractivity contribution is 7.16. The summed E-state index contributed by atoms with van der Waals surface area (Å²) >= 11 is 1.57. The zero-order chi connectivity index (χ0) is 13.5. The smallest absolute Gasteiger partial charge is 0.261 e. The Morgan fingerprint density at radius 3 is 2.84 bits per heavy atom. The standard InChI is InChI=1S/C13H17N3O2S/c1-3-8-7-9(10(14)19-8)11-15-12(16-18-11)13(17-2)5-4-6-13/h7H,3-6,14H2,1-2H3. The molecule has 0 aromatic carbocycles. The molecule has 2 aromatic rings. The number of hydrogen-bond acceptors (Lipinski definition) is 6. The number of hydrogen-bond donors (Lipinski definition) is 1. The molecule has 3 rings (SSSR count). The number of thiophene rings is 1. The number of methoxy groups -OCH3 is 1. The van der Waals surface area contributed by atoms with E-state index >= 15 is 0 Å². The van der Waals surface area contributed by atoms with Gasteiger partial charge in [0, 0.05) is 12.0 Å². The fourth-order valence-corrected chi connectivity index (χ4v) is 3.19. The van der Waals surface area contributed by atoms with Crippen LogP contribution in [-0.4, -0.2) is 17.3 Å². The number of aromatic nitrogens is 2. The lowest BCUT2D eigenvalue weighted by Crippen LogP contribution is -2.37. The normalized spacial score (nSPS) is 17.4. The first-order valence-electron chi connectivity index (χ1n) is 6.46. The van der Waals surface area contributed by atoms with Crippen molar-refractivity contribution < 1.29 is 9.26 Å². The Labute approximate surface area is 115 Å². The summed E-state index contributed by atoms with van der Waals surface area (Å²) in [6.07, 6.45) is 3.99. The Morgan fingerprint density at radius 1 is 1.53 bits per heavy atom. The van der Waals surface area contributed by atoms with Gasteiger partial charge in [-0.2, -0.15) is 4.98 Å². The second kappa shape index (κ2) is 4.61. The van der Waals surface area contributed by atoms with Gasteiger partial charge in [-0.1, -0.05) is 12.1 Å². The van der Waals surface area contributed by atoms with E-state index < -0.39 is 0 Å². The summed E-state index contributed by atoms with van der Waals surface area (Å²) in [4.78, 5) is 5.70. The fourth-order valence-electron chi connectivity index (χ4n) is 2.33. The van der Waals surface area contributed by atoms with E-state index in [2.05, 4.69) is 17.1 Å². The molecule has 0 bridgehead atoms. The summed E-state index contributed by atoms with van der Waals surface area (Å²) in [6, 6.07) is 2.03. The quantitative estimate of drug-likeness (QED) is 0.931. The summed E-state index contributed by atoms with van der Waals surface area (Å²) in [6.45, 7) is 2.10. The number of nitrogens with two attached hydrogens (primary N) is 1. The van der Waals surface area contributed by atoms with Gasteiger partial charge in [0.05, 0.1) is 10.6 Å². The highest BCUT2D eigenvalue weighted by Gasteiger charge is 2.43. The number of aryl methyl sites for hydroxylation is 1. The largest absolute Gasteiger partial charge is 0.390 e. The van der Waals surface area contributed by atoms with Gasteiger partial charge in [-0.05, 0) is 31.7 Å². The van der Waals surface area contributed by atoms with Crippen molar-refractivity contribution in [2.24, 2.45) is 0 Å². The van der Waals surface area contributed by atoms with Crippen LogP contribution in [0.15, 0.2) is 10.6 Å². The fraction of sp³-hybridized carbons (Fsp3) is 0.538. The zero-order valence-electron chi connectivity index (χ0n) is 11.1. The summed E-state index contributed by atoms with van der Waals surface area (Å²) in [5.74, 6) is 1.13. The highest BCUT2D eigenvalue weighted by atomic mass is 32.1. The zero-order valence-corrected chi connectivity index (χ0v) is 11.9. The monoisotopic (exact) mass is 279 g/mol. The lowest BCUT2D eigenvalue weighted by molar-refractivity contribution is -0.0858. The van der Waals surface area contributed by atoms with E-state index in [1.54, 1.807) is 18.4 Å². The predicted octanol–water partition coefficient (Wildman–Crippen LogP) is 2.97. The molecule has 6 heteroatoms. The van der Waals surface area contributed by atoms with Gasteiger partial charge in [-0.25, -0.2) is 0 Å². The van der Waals surface area contributed by atoms with Gasteiger partial charge in [0.2, 0.25) is 5.82 Å². The number of anilines is 1. The highest BCUT2D eigenvalue weighted by Crippen LogP contribution is 2.43. The Bertz CT molecular complexity index is 581. The van der Waals surface area contributed by atoms with Crippen molar-refractivity contribution >= 4 is 16.3 Å². The minimum atomic E-state index is -0.347. The topological polar surface area (TPSA) is 74.2 Å². The molecular weight excluding hydrogens is 262 g/mol. The maximum atomic E-state index is 6.01. The molecule has 19 heavy (non-hydrogen) atoms. The molecule has 0 atom stereocenters. The van der Waals surface area contributed by atoms with Gasteiger partial charge >= 0.3 is 0 Å². The summed E-state index contributed by atoms with van der Waals surface area (Å²) < 4.78 is 10.9. The van der Waals surface area contributed by atoms with Crippen LogP contribution < -0.4 is 5.73 Å². The first-order valence-corrected chi connectivity index (χ1v) is 7.28. The first kappa shape index (κ1) is 12.6. The van der Waals surface area contributed by atoms with Crippen LogP contribution in [0.1, 0.15) is 36.9 Å². The van der Waals surface area contributed by atoms with Crippen LogP contribution in [0.5, 0.6) is 0 Å². The molecule has 0 spiro atoms. The number of nitrogens with zero attached hydrogens (tertiary/aromatic N) is 2. The third-order valence-corrected chi connectivity index (χ3v) is 4.88. The molecule has 0 radical (unpaired) electrons. The van der Waals surface area contributed by atoms with E-state index in [1.807, 2.05) is 6.07 Å². The molecule has 2 heterocycles. The molecule has 0 amide bonds. The van der Waals surface area contributed by atoms with E-state index in [0.29, 0.717) is 11.7 Å². The predicted molar refractivity (Wildman–Crippen MR) is 73.9 cm³/mol. The Kier molecular flexibility index (Phi) is 3.06. The van der Waals surface area contributed by atoms with E-state index in [4.69, 9.17) is 15.0 Å². The van der Waals surface area contributed by atoms with Gasteiger partial charge in [0.1, 0.15) is 5.60 Å². The van der Waals surface area contributed by atoms with Crippen molar-refractivity contribution in [2.45, 2.75) is 38.2 Å². The molecule has 0 unspecified atom stereocenters. The molecule has 1 fully saturated rings. The maximum Gasteiger partial charge on any atom is 0.261 e. The molecule has 2 aromatic heterocycles. The van der Waals surface area contributed by atoms with Crippen LogP contribution in [0.25, 0.3) is 11.5 Å². The average molecular weight is 279 g/mol. The van der Waals surface area contributed by atoms with Gasteiger partial charge in [0.25, 0.3) is 5.89 Å². The minimum Gasteiger partial charge on any atom is -0.390 e. The second-order valence-electron chi connectivity index (χ2n) is 4.82. The third kappa shape index (κ3) is 1.95. The van der Waals surface area contributed by atoms with Crippen LogP contribution in [-0.2, 0) is 16.8 Å². The van der Waals surface area contributed by atoms with Gasteiger partial charge < -0.3 is 15.0 Å². The summed E-state index contributed by atoms with van der Waals surface area (Å²) in [5, 5.41) is 4.80. The van der Waals surface area contributed by atoms with Crippen LogP contribution in [0.2, 0.25) is 0 Å². The van der Waals surface area contributed by atoms with Crippen LogP contribution in [0.4, 0.5) is 5.00 Å². The Hall–Kier alpha value is -1.40. The first-order chi connectivity index (χ1) is 9.18. The van der Waals surface area contributed by atoms with E-state index in [9.17, 15) is 0 Å². The molecule has 0 aliphatic heterocycles. The van der Waals surface area contributed by atoms with Crippen molar-refractivity contribution in [2.75, 3.05) is 12.8 Å². The average Bonchev–Trinajstić information content (AvgIpc) is 2.95. The van der Waals surface area contributed by atoms with Crippen molar-refractivity contribution in [3.05, 3.63) is 16.8 Å². The number of rotatable bonds is 4. The lowest BCUT2D eigenvalue weighted by atomic mass is 9.79. The van der Waals surface area contributed by atoms with E-state index in [-0.39, 0.29) is 5.60 Å². The van der Waals surface area contributed by atoms with Crippen LogP contribution in [0, 0.1) is 0 Å². The maximum absolute atomic E-state index is 6.01. The van der Waals surface area contributed by atoms with E-state index in [0.717, 1.165) is 36.2 Å². The molecule has 2 N–H and O–H groups in total. The molecule has 1 aliphatic carbocycles. The summed E-state index contributed by atoms with van der Waals surface area (Å²) in [7, 11) is 1.70. The van der Waals surface area contributed by atoms with Gasteiger partial charge in [-0.3, -0.25) is 0 Å². The van der Waals surface area contributed by atoms with Gasteiger partial charge in [-0.15, -0.1) is 11.3 Å². The molecule has 0 saturated heterocycles. The number of nitrogen functional groups attached to an aromatic ring is 1. The molecule has 1 aliphatic rings. The van der Waals surface area contributed by atoms with Crippen LogP contribution >= 0.6 is 11.3 Å². The van der Waals surface area contributed by atoms with Crippen molar-refractivity contribution in [1.29, 1.82) is 0 Å². The SMILES string of the molecule is CCc1cc(-c2nc(C3(OC)CCC3)no2)c(N)s1. The Balaban J connectivity index is 1.94. The van der Waals surface area contributed by atoms with Crippen molar-refractivity contribution in [3.8, 4) is 11.5 Å².